The average Bonchev–Trinajstić information content (AvgIpc) is 3.62. The Morgan fingerprint density at radius 2 is 2.09 bits per heavy atom. The fourth-order valence-corrected chi connectivity index (χ4v) is 4.82. The van der Waals surface area contributed by atoms with Crippen LogP contribution in [0.25, 0.3) is 21.9 Å². The maximum absolute atomic E-state index is 13.5. The number of thiophene rings is 1. The zero-order chi connectivity index (χ0) is 23.8. The van der Waals surface area contributed by atoms with Gasteiger partial charge in [-0.1, -0.05) is 26.0 Å². The lowest BCUT2D eigenvalue weighted by Crippen LogP contribution is -2.32. The van der Waals surface area contributed by atoms with Gasteiger partial charge in [0.05, 0.1) is 40.3 Å². The van der Waals surface area contributed by atoms with Crippen LogP contribution < -0.4 is 5.32 Å². The summed E-state index contributed by atoms with van der Waals surface area (Å²) in [4.78, 5) is 24.7. The second-order valence-electron chi connectivity index (χ2n) is 8.42. The Labute approximate surface area is 200 Å². The number of pyridine rings is 1. The number of fused-ring (bicyclic) bond motifs is 1. The summed E-state index contributed by atoms with van der Waals surface area (Å²) in [5.41, 5.74) is 3.73. The van der Waals surface area contributed by atoms with E-state index in [1.54, 1.807) is 22.2 Å². The van der Waals surface area contributed by atoms with Crippen LogP contribution in [0.3, 0.4) is 0 Å². The molecule has 0 bridgehead atoms. The van der Waals surface area contributed by atoms with Crippen LogP contribution in [-0.4, -0.2) is 45.5 Å². The molecule has 0 spiro atoms. The first kappa shape index (κ1) is 22.0. The Kier molecular flexibility index (Phi) is 5.70. The molecule has 0 fully saturated rings. The number of imidazole rings is 1. The summed E-state index contributed by atoms with van der Waals surface area (Å²) in [5.74, 6) is 0.505. The van der Waals surface area contributed by atoms with Gasteiger partial charge in [0.1, 0.15) is 17.8 Å². The standard InChI is InChI=1S/C23H25N9OS/c1-5-16-9-26-30-32(16)17-8-15(23(33)28-20(13(2)3)21-25-12-27-29-21)11-31-18(10-24-22(17)31)19-7-6-14(4)34-19/h6-13,20H,5H2,1-4H3,(H,28,33)(H,25,27,29)/t20-/m0/s1. The van der Waals surface area contributed by atoms with Gasteiger partial charge in [-0.15, -0.1) is 16.4 Å². The highest BCUT2D eigenvalue weighted by atomic mass is 32.1. The Bertz CT molecular complexity index is 1440. The van der Waals surface area contributed by atoms with Gasteiger partial charge >= 0.3 is 0 Å². The number of carbonyl (C=O) groups is 1. The number of H-pyrrole nitrogens is 1. The summed E-state index contributed by atoms with van der Waals surface area (Å²) < 4.78 is 3.70. The van der Waals surface area contributed by atoms with E-state index in [-0.39, 0.29) is 17.9 Å². The van der Waals surface area contributed by atoms with Crippen LogP contribution in [0, 0.1) is 12.8 Å². The van der Waals surface area contributed by atoms with Crippen LogP contribution in [0.5, 0.6) is 0 Å². The monoisotopic (exact) mass is 475 g/mol. The fraction of sp³-hybridized carbons (Fsp3) is 0.304. The van der Waals surface area contributed by atoms with Crippen molar-refractivity contribution in [2.75, 3.05) is 0 Å². The lowest BCUT2D eigenvalue weighted by molar-refractivity contribution is 0.0922. The van der Waals surface area contributed by atoms with Gasteiger partial charge < -0.3 is 5.32 Å². The molecule has 0 aliphatic heterocycles. The molecule has 11 heteroatoms. The maximum Gasteiger partial charge on any atom is 0.253 e. The number of hydrogen-bond donors (Lipinski definition) is 2. The molecule has 0 saturated heterocycles. The SMILES string of the molecule is CCc1cnnn1-c1cc(C(=O)N[C@H](c2ncn[nH]2)C(C)C)cn2c(-c3ccc(C)s3)cnc12. The highest BCUT2D eigenvalue weighted by Gasteiger charge is 2.24. The predicted octanol–water partition coefficient (Wildman–Crippen LogP) is 3.76. The Balaban J connectivity index is 1.65. The third-order valence-corrected chi connectivity index (χ3v) is 6.76. The van der Waals surface area contributed by atoms with E-state index in [0.29, 0.717) is 22.7 Å². The molecule has 0 aliphatic rings. The van der Waals surface area contributed by atoms with E-state index in [2.05, 4.69) is 49.9 Å². The minimum absolute atomic E-state index is 0.111. The number of rotatable bonds is 7. The number of aromatic nitrogens is 8. The Morgan fingerprint density at radius 3 is 2.76 bits per heavy atom. The van der Waals surface area contributed by atoms with E-state index >= 15 is 0 Å². The smallest absolute Gasteiger partial charge is 0.253 e. The Hall–Kier alpha value is -3.86. The number of nitrogens with one attached hydrogen (secondary N) is 2. The van der Waals surface area contributed by atoms with Crippen LogP contribution in [-0.2, 0) is 6.42 Å². The molecule has 1 amide bonds. The van der Waals surface area contributed by atoms with E-state index in [9.17, 15) is 4.79 Å². The molecular weight excluding hydrogens is 450 g/mol. The highest BCUT2D eigenvalue weighted by Crippen LogP contribution is 2.31. The highest BCUT2D eigenvalue weighted by molar-refractivity contribution is 7.15. The van der Waals surface area contributed by atoms with Crippen molar-refractivity contribution in [1.82, 2.24) is 44.9 Å². The lowest BCUT2D eigenvalue weighted by Gasteiger charge is -2.20. The normalized spacial score (nSPS) is 12.5. The third-order valence-electron chi connectivity index (χ3n) is 5.73. The number of hydrogen-bond acceptors (Lipinski definition) is 7. The predicted molar refractivity (Wildman–Crippen MR) is 129 cm³/mol. The number of nitrogens with zero attached hydrogens (tertiary/aromatic N) is 7. The van der Waals surface area contributed by atoms with Crippen LogP contribution in [0.4, 0.5) is 0 Å². The molecule has 5 heterocycles. The molecule has 0 radical (unpaired) electrons. The molecule has 2 N–H and O–H groups in total. The largest absolute Gasteiger partial charge is 0.342 e. The Morgan fingerprint density at radius 1 is 1.24 bits per heavy atom. The van der Waals surface area contributed by atoms with Gasteiger partial charge in [0.2, 0.25) is 0 Å². The molecule has 0 saturated carbocycles. The molecule has 0 unspecified atom stereocenters. The lowest BCUT2D eigenvalue weighted by atomic mass is 10.0. The van der Waals surface area contributed by atoms with E-state index in [0.717, 1.165) is 22.7 Å². The zero-order valence-corrected chi connectivity index (χ0v) is 20.2. The van der Waals surface area contributed by atoms with Gasteiger partial charge in [0.15, 0.2) is 5.65 Å². The quantitative estimate of drug-likeness (QED) is 0.370. The van der Waals surface area contributed by atoms with Crippen molar-refractivity contribution < 1.29 is 4.79 Å². The second-order valence-corrected chi connectivity index (χ2v) is 9.71. The van der Waals surface area contributed by atoms with Crippen molar-refractivity contribution in [1.29, 1.82) is 0 Å². The van der Waals surface area contributed by atoms with Gasteiger partial charge in [-0.25, -0.2) is 14.6 Å². The summed E-state index contributed by atoms with van der Waals surface area (Å²) >= 11 is 1.68. The van der Waals surface area contributed by atoms with Gasteiger partial charge in [0.25, 0.3) is 5.91 Å². The topological polar surface area (TPSA) is 119 Å². The molecule has 34 heavy (non-hydrogen) atoms. The van der Waals surface area contributed by atoms with Gasteiger partial charge in [-0.05, 0) is 37.5 Å². The van der Waals surface area contributed by atoms with Crippen molar-refractivity contribution >= 4 is 22.9 Å². The van der Waals surface area contributed by atoms with E-state index < -0.39 is 0 Å². The van der Waals surface area contributed by atoms with E-state index in [4.69, 9.17) is 4.98 Å². The summed E-state index contributed by atoms with van der Waals surface area (Å²) in [7, 11) is 0. The van der Waals surface area contributed by atoms with Gasteiger partial charge in [0, 0.05) is 11.1 Å². The fourth-order valence-electron chi connectivity index (χ4n) is 3.94. The summed E-state index contributed by atoms with van der Waals surface area (Å²) in [6.45, 7) is 8.16. The van der Waals surface area contributed by atoms with Crippen molar-refractivity contribution in [3.05, 3.63) is 65.1 Å². The molecule has 5 aromatic heterocycles. The van der Waals surface area contributed by atoms with Gasteiger partial charge in [-0.3, -0.25) is 14.3 Å². The zero-order valence-electron chi connectivity index (χ0n) is 19.4. The summed E-state index contributed by atoms with van der Waals surface area (Å²) in [6, 6.07) is 5.65. The van der Waals surface area contributed by atoms with Crippen LogP contribution in [0.15, 0.2) is 43.1 Å². The van der Waals surface area contributed by atoms with Crippen LogP contribution in [0.1, 0.15) is 53.6 Å². The minimum Gasteiger partial charge on any atom is -0.342 e. The maximum atomic E-state index is 13.5. The van der Waals surface area contributed by atoms with Crippen molar-refractivity contribution in [2.45, 2.75) is 40.2 Å². The first-order chi connectivity index (χ1) is 16.5. The molecule has 1 atom stereocenters. The summed E-state index contributed by atoms with van der Waals surface area (Å²) in [6.07, 6.45) is 7.58. The van der Waals surface area contributed by atoms with Crippen molar-refractivity contribution in [3.8, 4) is 16.3 Å². The van der Waals surface area contributed by atoms with Crippen molar-refractivity contribution in [3.63, 3.8) is 0 Å². The number of amides is 1. The molecule has 5 aromatic rings. The minimum atomic E-state index is -0.311. The average molecular weight is 476 g/mol. The first-order valence-electron chi connectivity index (χ1n) is 11.1. The van der Waals surface area contributed by atoms with Gasteiger partial charge in [-0.2, -0.15) is 5.10 Å². The second kappa shape index (κ2) is 8.82. The molecular formula is C23H25N9OS. The number of aryl methyl sites for hydroxylation is 2. The molecule has 174 valence electrons. The molecule has 5 rings (SSSR count). The number of carbonyl (C=O) groups excluding carboxylic acids is 1. The van der Waals surface area contributed by atoms with E-state index in [1.165, 1.54) is 11.2 Å². The first-order valence-corrected chi connectivity index (χ1v) is 11.9. The van der Waals surface area contributed by atoms with E-state index in [1.807, 2.05) is 43.6 Å². The molecule has 10 nitrogen and oxygen atoms in total. The van der Waals surface area contributed by atoms with Crippen LogP contribution >= 0.6 is 11.3 Å². The number of aromatic amines is 1. The van der Waals surface area contributed by atoms with Crippen molar-refractivity contribution in [2.24, 2.45) is 5.92 Å². The third kappa shape index (κ3) is 3.87. The molecule has 0 aromatic carbocycles. The molecule has 0 aliphatic carbocycles. The summed E-state index contributed by atoms with van der Waals surface area (Å²) in [5, 5.41) is 18.3. The van der Waals surface area contributed by atoms with Crippen LogP contribution in [0.2, 0.25) is 0 Å².